The first-order valence-corrected chi connectivity index (χ1v) is 7.59. The van der Waals surface area contributed by atoms with Crippen molar-refractivity contribution in [1.29, 1.82) is 0 Å². The maximum atomic E-state index is 12.4. The molecule has 6 nitrogen and oxygen atoms in total. The van der Waals surface area contributed by atoms with Crippen LogP contribution in [0, 0.1) is 0 Å². The molecule has 1 amide bonds. The van der Waals surface area contributed by atoms with Gasteiger partial charge in [-0.2, -0.15) is 0 Å². The van der Waals surface area contributed by atoms with E-state index >= 15 is 0 Å². The minimum absolute atomic E-state index is 0.101. The molecule has 3 heterocycles. The molecule has 0 bridgehead atoms. The van der Waals surface area contributed by atoms with Gasteiger partial charge in [-0.1, -0.05) is 5.16 Å². The average molecular weight is 286 g/mol. The predicted octanol–water partition coefficient (Wildman–Crippen LogP) is 1.49. The van der Waals surface area contributed by atoms with Crippen molar-refractivity contribution >= 4 is 5.91 Å². The molecule has 0 aromatic carbocycles. The third-order valence-corrected chi connectivity index (χ3v) is 4.44. The topological polar surface area (TPSA) is 73.0 Å². The summed E-state index contributed by atoms with van der Waals surface area (Å²) < 4.78 is 7.42. The van der Waals surface area contributed by atoms with Gasteiger partial charge in [0.15, 0.2) is 5.69 Å². The van der Waals surface area contributed by atoms with E-state index in [0.717, 1.165) is 62.2 Å². The number of hydrogen-bond donors (Lipinski definition) is 1. The van der Waals surface area contributed by atoms with Gasteiger partial charge in [-0.15, -0.1) is 0 Å². The van der Waals surface area contributed by atoms with Crippen molar-refractivity contribution < 1.29 is 9.32 Å². The van der Waals surface area contributed by atoms with E-state index in [4.69, 9.17) is 4.52 Å². The second kappa shape index (κ2) is 5.02. The molecule has 0 fully saturated rings. The number of aromatic nitrogens is 3. The lowest BCUT2D eigenvalue weighted by Crippen LogP contribution is -2.41. The van der Waals surface area contributed by atoms with Gasteiger partial charge in [0.1, 0.15) is 11.6 Å². The van der Waals surface area contributed by atoms with Crippen LogP contribution in [0.2, 0.25) is 0 Å². The number of imidazole rings is 1. The van der Waals surface area contributed by atoms with E-state index in [0.29, 0.717) is 5.69 Å². The van der Waals surface area contributed by atoms with Gasteiger partial charge in [0.25, 0.3) is 5.91 Å². The monoisotopic (exact) mass is 286 g/mol. The molecule has 2 aromatic heterocycles. The fourth-order valence-corrected chi connectivity index (χ4v) is 3.30. The van der Waals surface area contributed by atoms with Crippen LogP contribution in [0.3, 0.4) is 0 Å². The maximum absolute atomic E-state index is 12.4. The van der Waals surface area contributed by atoms with E-state index in [9.17, 15) is 4.79 Å². The Labute approximate surface area is 122 Å². The molecule has 0 saturated carbocycles. The van der Waals surface area contributed by atoms with E-state index in [1.807, 2.05) is 12.4 Å². The van der Waals surface area contributed by atoms with Crippen LogP contribution in [-0.4, -0.2) is 26.7 Å². The minimum Gasteiger partial charge on any atom is -0.360 e. The van der Waals surface area contributed by atoms with E-state index in [1.54, 1.807) is 0 Å². The Kier molecular flexibility index (Phi) is 3.02. The second-order valence-electron chi connectivity index (χ2n) is 5.84. The van der Waals surface area contributed by atoms with Crippen molar-refractivity contribution in [2.75, 3.05) is 0 Å². The number of rotatable bonds is 2. The van der Waals surface area contributed by atoms with Crippen LogP contribution >= 0.6 is 0 Å². The summed E-state index contributed by atoms with van der Waals surface area (Å²) in [5.74, 6) is 1.89. The van der Waals surface area contributed by atoms with Gasteiger partial charge < -0.3 is 14.4 Å². The number of fused-ring (bicyclic) bond motifs is 2. The summed E-state index contributed by atoms with van der Waals surface area (Å²) in [4.78, 5) is 16.7. The lowest BCUT2D eigenvalue weighted by Gasteiger charge is -2.24. The quantitative estimate of drug-likeness (QED) is 0.908. The SMILES string of the molecule is O=C(NC1CCc2nccn2C1)c1noc2c1CCCC2. The Morgan fingerprint density at radius 3 is 3.19 bits per heavy atom. The number of carbonyl (C=O) groups excluding carboxylic acids is 1. The summed E-state index contributed by atoms with van der Waals surface area (Å²) in [7, 11) is 0. The van der Waals surface area contributed by atoms with Crippen LogP contribution in [0.1, 0.15) is 46.9 Å². The van der Waals surface area contributed by atoms with Gasteiger partial charge in [0, 0.05) is 43.4 Å². The van der Waals surface area contributed by atoms with Gasteiger partial charge in [-0.25, -0.2) is 4.98 Å². The fraction of sp³-hybridized carbons (Fsp3) is 0.533. The highest BCUT2D eigenvalue weighted by Crippen LogP contribution is 2.24. The average Bonchev–Trinajstić information content (AvgIpc) is 3.13. The first-order chi connectivity index (χ1) is 10.3. The maximum Gasteiger partial charge on any atom is 0.274 e. The van der Waals surface area contributed by atoms with Crippen molar-refractivity contribution in [3.63, 3.8) is 0 Å². The molecule has 0 saturated heterocycles. The van der Waals surface area contributed by atoms with E-state index in [1.165, 1.54) is 0 Å². The van der Waals surface area contributed by atoms with Crippen molar-refractivity contribution in [3.8, 4) is 0 Å². The number of aryl methyl sites for hydroxylation is 2. The molecule has 0 radical (unpaired) electrons. The molecule has 2 aromatic rings. The molecule has 1 atom stereocenters. The standard InChI is InChI=1S/C15H18N4O2/c20-15(14-11-3-1-2-4-12(11)21-18-14)17-10-5-6-13-16-7-8-19(13)9-10/h7-8,10H,1-6,9H2,(H,17,20). The zero-order chi connectivity index (χ0) is 14.2. The third kappa shape index (κ3) is 2.24. The lowest BCUT2D eigenvalue weighted by molar-refractivity contribution is 0.0917. The summed E-state index contributed by atoms with van der Waals surface area (Å²) in [6, 6.07) is 0.134. The zero-order valence-corrected chi connectivity index (χ0v) is 11.8. The first-order valence-electron chi connectivity index (χ1n) is 7.59. The van der Waals surface area contributed by atoms with Gasteiger partial charge >= 0.3 is 0 Å². The summed E-state index contributed by atoms with van der Waals surface area (Å²) in [6.45, 7) is 0.779. The Balaban J connectivity index is 1.48. The van der Waals surface area contributed by atoms with E-state index < -0.39 is 0 Å². The highest BCUT2D eigenvalue weighted by atomic mass is 16.5. The van der Waals surface area contributed by atoms with E-state index in [2.05, 4.69) is 20.0 Å². The molecule has 2 aliphatic rings. The number of hydrogen-bond acceptors (Lipinski definition) is 4. The van der Waals surface area contributed by atoms with Crippen LogP contribution in [0.4, 0.5) is 0 Å². The van der Waals surface area contributed by atoms with Crippen molar-refractivity contribution in [2.45, 2.75) is 51.1 Å². The molecular formula is C15H18N4O2. The summed E-state index contributed by atoms with van der Waals surface area (Å²) in [5.41, 5.74) is 1.50. The Hall–Kier alpha value is -2.11. The molecule has 6 heteroatoms. The summed E-state index contributed by atoms with van der Waals surface area (Å²) in [5, 5.41) is 7.08. The minimum atomic E-state index is -0.101. The summed E-state index contributed by atoms with van der Waals surface area (Å²) >= 11 is 0. The van der Waals surface area contributed by atoms with Gasteiger partial charge in [-0.3, -0.25) is 4.79 Å². The first kappa shape index (κ1) is 12.6. The fourth-order valence-electron chi connectivity index (χ4n) is 3.30. The highest BCUT2D eigenvalue weighted by molar-refractivity contribution is 5.94. The molecule has 21 heavy (non-hydrogen) atoms. The Morgan fingerprint density at radius 1 is 1.33 bits per heavy atom. The smallest absolute Gasteiger partial charge is 0.274 e. The number of carbonyl (C=O) groups is 1. The van der Waals surface area contributed by atoms with Crippen molar-refractivity contribution in [2.24, 2.45) is 0 Å². The van der Waals surface area contributed by atoms with Crippen LogP contribution < -0.4 is 5.32 Å². The van der Waals surface area contributed by atoms with E-state index in [-0.39, 0.29) is 11.9 Å². The van der Waals surface area contributed by atoms with Crippen LogP contribution in [0.15, 0.2) is 16.9 Å². The molecule has 1 N–H and O–H groups in total. The third-order valence-electron chi connectivity index (χ3n) is 4.44. The van der Waals surface area contributed by atoms with Crippen molar-refractivity contribution in [1.82, 2.24) is 20.0 Å². The normalized spacial score (nSPS) is 20.7. The second-order valence-corrected chi connectivity index (χ2v) is 5.84. The Morgan fingerprint density at radius 2 is 2.24 bits per heavy atom. The van der Waals surface area contributed by atoms with Gasteiger partial charge in [0.2, 0.25) is 0 Å². The van der Waals surface area contributed by atoms with Crippen molar-refractivity contribution in [3.05, 3.63) is 35.2 Å². The zero-order valence-electron chi connectivity index (χ0n) is 11.8. The van der Waals surface area contributed by atoms with Gasteiger partial charge in [0.05, 0.1) is 0 Å². The molecule has 0 spiro atoms. The van der Waals surface area contributed by atoms with Gasteiger partial charge in [-0.05, 0) is 25.7 Å². The molecule has 110 valence electrons. The van der Waals surface area contributed by atoms with Crippen LogP contribution in [0.25, 0.3) is 0 Å². The highest BCUT2D eigenvalue weighted by Gasteiger charge is 2.27. The predicted molar refractivity (Wildman–Crippen MR) is 74.9 cm³/mol. The Bertz CT molecular complexity index is 673. The summed E-state index contributed by atoms with van der Waals surface area (Å²) in [6.07, 6.45) is 9.62. The molecule has 1 aliphatic carbocycles. The number of amides is 1. The van der Waals surface area contributed by atoms with Crippen LogP contribution in [0.5, 0.6) is 0 Å². The number of nitrogens with zero attached hydrogens (tertiary/aromatic N) is 3. The molecule has 1 aliphatic heterocycles. The lowest BCUT2D eigenvalue weighted by atomic mass is 9.96. The molecule has 1 unspecified atom stereocenters. The largest absolute Gasteiger partial charge is 0.360 e. The molecular weight excluding hydrogens is 268 g/mol. The molecule has 4 rings (SSSR count). The van der Waals surface area contributed by atoms with Crippen LogP contribution in [-0.2, 0) is 25.8 Å². The number of nitrogens with one attached hydrogen (secondary N) is 1.